The molecule has 1 atom stereocenters. The maximum atomic E-state index is 9.91. The van der Waals surface area contributed by atoms with Crippen LogP contribution in [0.3, 0.4) is 0 Å². The van der Waals surface area contributed by atoms with Gasteiger partial charge in [-0.3, -0.25) is 9.97 Å². The Labute approximate surface area is 143 Å². The molecule has 3 aromatic heterocycles. The lowest BCUT2D eigenvalue weighted by molar-refractivity contribution is 0.153. The fraction of sp³-hybridized carbons (Fsp3) is 0.294. The molecule has 4 rings (SSSR count). The highest BCUT2D eigenvalue weighted by Gasteiger charge is 2.22. The fourth-order valence-electron chi connectivity index (χ4n) is 2.89. The first-order chi connectivity index (χ1) is 11.8. The monoisotopic (exact) mass is 339 g/mol. The van der Waals surface area contributed by atoms with Gasteiger partial charge in [0, 0.05) is 37.2 Å². The van der Waals surface area contributed by atoms with Crippen molar-refractivity contribution >= 4 is 17.3 Å². The lowest BCUT2D eigenvalue weighted by Crippen LogP contribution is -2.39. The summed E-state index contributed by atoms with van der Waals surface area (Å²) < 4.78 is 0. The number of hydrogen-bond acceptors (Lipinski definition) is 7. The molecule has 0 spiro atoms. The van der Waals surface area contributed by atoms with E-state index in [0.29, 0.717) is 12.5 Å². The van der Waals surface area contributed by atoms with Crippen molar-refractivity contribution in [2.24, 2.45) is 0 Å². The summed E-state index contributed by atoms with van der Waals surface area (Å²) in [6.45, 7) is 1.44. The molecule has 0 aliphatic carbocycles. The number of aliphatic hydroxyl groups excluding tert-OH is 1. The minimum atomic E-state index is -0.313. The second-order valence-corrected chi connectivity index (χ2v) is 6.69. The Bertz CT molecular complexity index is 809. The van der Waals surface area contributed by atoms with E-state index in [1.54, 1.807) is 29.9 Å². The van der Waals surface area contributed by atoms with Gasteiger partial charge in [0.1, 0.15) is 0 Å². The maximum absolute atomic E-state index is 9.91. The molecule has 0 bridgehead atoms. The fourth-order valence-corrected chi connectivity index (χ4v) is 3.62. The Balaban J connectivity index is 1.78. The average molecular weight is 339 g/mol. The summed E-state index contributed by atoms with van der Waals surface area (Å²) >= 11 is 1.63. The molecule has 7 heteroatoms. The predicted octanol–water partition coefficient (Wildman–Crippen LogP) is 2.62. The number of rotatable bonds is 3. The van der Waals surface area contributed by atoms with Gasteiger partial charge in [0.05, 0.1) is 28.6 Å². The van der Waals surface area contributed by atoms with Crippen LogP contribution in [-0.2, 0) is 0 Å². The first kappa shape index (κ1) is 15.2. The first-order valence-corrected chi connectivity index (χ1v) is 8.79. The molecule has 0 unspecified atom stereocenters. The van der Waals surface area contributed by atoms with Gasteiger partial charge in [-0.05, 0) is 24.3 Å². The number of β-amino-alcohol motifs (C(OH)–C–C–N with tert-alkyl or cyclic N) is 1. The summed E-state index contributed by atoms with van der Waals surface area (Å²) in [6, 6.07) is 4.05. The van der Waals surface area contributed by atoms with Crippen LogP contribution in [0, 0.1) is 0 Å². The van der Waals surface area contributed by atoms with Crippen LogP contribution in [0.1, 0.15) is 12.8 Å². The SMILES string of the molecule is O[C@@H]1CCCN(c2ncc(-c3cnccn3)c(-c3cccs3)n2)C1. The van der Waals surface area contributed by atoms with Crippen LogP contribution < -0.4 is 4.90 Å². The highest BCUT2D eigenvalue weighted by molar-refractivity contribution is 7.13. The van der Waals surface area contributed by atoms with Crippen molar-refractivity contribution in [3.63, 3.8) is 0 Å². The summed E-state index contributed by atoms with van der Waals surface area (Å²) in [5.74, 6) is 0.657. The third-order valence-corrected chi connectivity index (χ3v) is 4.93. The average Bonchev–Trinajstić information content (AvgIpc) is 3.16. The van der Waals surface area contributed by atoms with E-state index in [2.05, 4.69) is 15.0 Å². The van der Waals surface area contributed by atoms with Crippen molar-refractivity contribution in [1.82, 2.24) is 19.9 Å². The Hall–Kier alpha value is -2.38. The zero-order chi connectivity index (χ0) is 16.4. The number of anilines is 1. The molecule has 122 valence electrons. The van der Waals surface area contributed by atoms with E-state index < -0.39 is 0 Å². The van der Waals surface area contributed by atoms with Crippen molar-refractivity contribution in [1.29, 1.82) is 0 Å². The van der Waals surface area contributed by atoms with Gasteiger partial charge in [0.2, 0.25) is 5.95 Å². The highest BCUT2D eigenvalue weighted by Crippen LogP contribution is 2.33. The van der Waals surface area contributed by atoms with Gasteiger partial charge >= 0.3 is 0 Å². The van der Waals surface area contributed by atoms with Gasteiger partial charge in [-0.15, -0.1) is 11.3 Å². The molecule has 0 saturated carbocycles. The Morgan fingerprint density at radius 1 is 1.21 bits per heavy atom. The largest absolute Gasteiger partial charge is 0.391 e. The maximum Gasteiger partial charge on any atom is 0.226 e. The predicted molar refractivity (Wildman–Crippen MR) is 93.8 cm³/mol. The van der Waals surface area contributed by atoms with Gasteiger partial charge in [-0.2, -0.15) is 0 Å². The van der Waals surface area contributed by atoms with Gasteiger partial charge in [-0.1, -0.05) is 6.07 Å². The molecule has 0 radical (unpaired) electrons. The zero-order valence-electron chi connectivity index (χ0n) is 13.0. The number of hydrogen-bond donors (Lipinski definition) is 1. The van der Waals surface area contributed by atoms with Crippen LogP contribution in [0.15, 0.2) is 42.3 Å². The summed E-state index contributed by atoms with van der Waals surface area (Å²) in [4.78, 5) is 21.0. The van der Waals surface area contributed by atoms with Gasteiger partial charge in [-0.25, -0.2) is 9.97 Å². The lowest BCUT2D eigenvalue weighted by atomic mass is 10.1. The number of nitrogens with zero attached hydrogens (tertiary/aromatic N) is 5. The Morgan fingerprint density at radius 2 is 2.17 bits per heavy atom. The van der Waals surface area contributed by atoms with Crippen molar-refractivity contribution in [2.45, 2.75) is 18.9 Å². The van der Waals surface area contributed by atoms with Crippen molar-refractivity contribution in [2.75, 3.05) is 18.0 Å². The molecule has 0 amide bonds. The molecule has 24 heavy (non-hydrogen) atoms. The third-order valence-electron chi connectivity index (χ3n) is 4.05. The van der Waals surface area contributed by atoms with E-state index in [1.165, 1.54) is 0 Å². The normalized spacial score (nSPS) is 17.9. The summed E-state index contributed by atoms with van der Waals surface area (Å²) in [6.07, 6.45) is 8.33. The topological polar surface area (TPSA) is 75.0 Å². The molecule has 4 heterocycles. The van der Waals surface area contributed by atoms with Crippen LogP contribution >= 0.6 is 11.3 Å². The van der Waals surface area contributed by atoms with Gasteiger partial charge in [0.25, 0.3) is 0 Å². The van der Waals surface area contributed by atoms with Crippen molar-refractivity contribution in [3.05, 3.63) is 42.3 Å². The molecular formula is C17H17N5OS. The van der Waals surface area contributed by atoms with Crippen molar-refractivity contribution in [3.8, 4) is 21.8 Å². The molecule has 6 nitrogen and oxygen atoms in total. The van der Waals surface area contributed by atoms with E-state index in [1.807, 2.05) is 28.6 Å². The van der Waals surface area contributed by atoms with E-state index in [-0.39, 0.29) is 6.10 Å². The quantitative estimate of drug-likeness (QED) is 0.791. The molecule has 1 N–H and O–H groups in total. The minimum absolute atomic E-state index is 0.313. The molecule has 1 aliphatic rings. The smallest absolute Gasteiger partial charge is 0.226 e. The Morgan fingerprint density at radius 3 is 2.92 bits per heavy atom. The number of aliphatic hydroxyl groups is 1. The lowest BCUT2D eigenvalue weighted by Gasteiger charge is -2.30. The van der Waals surface area contributed by atoms with E-state index in [9.17, 15) is 5.11 Å². The van der Waals surface area contributed by atoms with Crippen LogP contribution in [0.5, 0.6) is 0 Å². The third kappa shape index (κ3) is 3.00. The van der Waals surface area contributed by atoms with E-state index in [4.69, 9.17) is 4.98 Å². The second-order valence-electron chi connectivity index (χ2n) is 5.74. The minimum Gasteiger partial charge on any atom is -0.391 e. The summed E-state index contributed by atoms with van der Waals surface area (Å²) in [5.41, 5.74) is 2.48. The van der Waals surface area contributed by atoms with Gasteiger partial charge in [0.15, 0.2) is 0 Å². The molecular weight excluding hydrogens is 322 g/mol. The second kappa shape index (κ2) is 6.62. The van der Waals surface area contributed by atoms with Crippen LogP contribution in [-0.4, -0.2) is 44.2 Å². The number of aromatic nitrogens is 4. The summed E-state index contributed by atoms with van der Waals surface area (Å²) in [7, 11) is 0. The first-order valence-electron chi connectivity index (χ1n) is 7.91. The zero-order valence-corrected chi connectivity index (χ0v) is 13.9. The molecule has 3 aromatic rings. The molecule has 0 aromatic carbocycles. The number of piperidine rings is 1. The van der Waals surface area contributed by atoms with Crippen molar-refractivity contribution < 1.29 is 5.11 Å². The van der Waals surface area contributed by atoms with Crippen LogP contribution in [0.4, 0.5) is 5.95 Å². The van der Waals surface area contributed by atoms with E-state index >= 15 is 0 Å². The molecule has 1 saturated heterocycles. The molecule has 1 fully saturated rings. The summed E-state index contributed by atoms with van der Waals surface area (Å²) in [5, 5.41) is 11.9. The highest BCUT2D eigenvalue weighted by atomic mass is 32.1. The van der Waals surface area contributed by atoms with Crippen LogP contribution in [0.2, 0.25) is 0 Å². The Kier molecular flexibility index (Phi) is 4.18. The van der Waals surface area contributed by atoms with E-state index in [0.717, 1.165) is 41.2 Å². The standard InChI is InChI=1S/C17H17N5OS/c23-12-3-1-7-22(11-12)17-20-9-13(14-10-18-5-6-19-14)16(21-17)15-4-2-8-24-15/h2,4-6,8-10,12,23H,1,3,7,11H2/t12-/m1/s1. The van der Waals surface area contributed by atoms with Gasteiger partial charge < -0.3 is 10.0 Å². The van der Waals surface area contributed by atoms with Crippen LogP contribution in [0.25, 0.3) is 21.8 Å². The number of thiophene rings is 1. The molecule has 1 aliphatic heterocycles.